The molecule has 0 aliphatic rings. The molecule has 0 radical (unpaired) electrons. The van der Waals surface area contributed by atoms with Crippen LogP contribution in [0, 0.1) is 0 Å². The van der Waals surface area contributed by atoms with Gasteiger partial charge in [-0.2, -0.15) is 0 Å². The minimum absolute atomic E-state index is 0.0617. The summed E-state index contributed by atoms with van der Waals surface area (Å²) in [6.07, 6.45) is 2.79. The number of carbonyl (C=O) groups excluding carboxylic acids is 2. The highest BCUT2D eigenvalue weighted by Crippen LogP contribution is 2.28. The lowest BCUT2D eigenvalue weighted by Crippen LogP contribution is -2.32. The molecule has 0 spiro atoms. The van der Waals surface area contributed by atoms with Crippen LogP contribution < -0.4 is 4.90 Å². The molecule has 0 fully saturated rings. The molecule has 0 saturated carbocycles. The number of hydrogen-bond donors (Lipinski definition) is 0. The minimum atomic E-state index is -0.166. The lowest BCUT2D eigenvalue weighted by Gasteiger charge is -2.25. The van der Waals surface area contributed by atoms with Crippen LogP contribution in [0.4, 0.5) is 5.69 Å². The van der Waals surface area contributed by atoms with Crippen molar-refractivity contribution < 1.29 is 14.3 Å². The van der Waals surface area contributed by atoms with E-state index in [0.717, 1.165) is 35.7 Å². The van der Waals surface area contributed by atoms with Gasteiger partial charge in [-0.15, -0.1) is 0 Å². The lowest BCUT2D eigenvalue weighted by molar-refractivity contribution is -0.143. The molecular formula is C25H26ClNO3. The first-order valence-electron chi connectivity index (χ1n) is 10.3. The molecule has 5 heteroatoms. The average molecular weight is 424 g/mol. The highest BCUT2D eigenvalue weighted by atomic mass is 35.5. The summed E-state index contributed by atoms with van der Waals surface area (Å²) in [5.41, 5.74) is 1.48. The third kappa shape index (κ3) is 5.61. The van der Waals surface area contributed by atoms with E-state index in [4.69, 9.17) is 16.3 Å². The number of fused-ring (bicyclic) bond motifs is 1. The van der Waals surface area contributed by atoms with Gasteiger partial charge in [-0.05, 0) is 55.5 Å². The van der Waals surface area contributed by atoms with Gasteiger partial charge >= 0.3 is 5.97 Å². The number of amides is 1. The summed E-state index contributed by atoms with van der Waals surface area (Å²) in [7, 11) is 0. The predicted octanol–water partition coefficient (Wildman–Crippen LogP) is 6.26. The predicted molar refractivity (Wildman–Crippen MR) is 122 cm³/mol. The Hall–Kier alpha value is -2.85. The van der Waals surface area contributed by atoms with Crippen LogP contribution in [0.2, 0.25) is 5.02 Å². The topological polar surface area (TPSA) is 46.6 Å². The van der Waals surface area contributed by atoms with Crippen molar-refractivity contribution in [2.45, 2.75) is 32.6 Å². The summed E-state index contributed by atoms with van der Waals surface area (Å²) >= 11 is 5.99. The maximum Gasteiger partial charge on any atom is 0.305 e. The van der Waals surface area contributed by atoms with E-state index < -0.39 is 0 Å². The highest BCUT2D eigenvalue weighted by molar-refractivity contribution is 6.30. The first-order valence-corrected chi connectivity index (χ1v) is 10.7. The standard InChI is InChI=1S/C25H26ClNO3/c1-2-30-24(28)13-4-3-7-18-27(25(29)20-14-16-21(26)17-15-20)23-12-8-10-19-9-5-6-11-22(19)23/h5-6,8-12,14-17H,2-4,7,13,18H2,1H3. The average Bonchev–Trinajstić information content (AvgIpc) is 2.76. The molecule has 30 heavy (non-hydrogen) atoms. The van der Waals surface area contributed by atoms with Gasteiger partial charge in [0.05, 0.1) is 12.3 Å². The van der Waals surface area contributed by atoms with Crippen molar-refractivity contribution in [1.82, 2.24) is 0 Å². The molecule has 0 aliphatic heterocycles. The lowest BCUT2D eigenvalue weighted by atomic mass is 10.1. The molecule has 0 N–H and O–H groups in total. The third-order valence-corrected chi connectivity index (χ3v) is 5.21. The number of ether oxygens (including phenoxy) is 1. The van der Waals surface area contributed by atoms with Crippen LogP contribution in [0.15, 0.2) is 66.7 Å². The second kappa shape index (κ2) is 10.8. The van der Waals surface area contributed by atoms with E-state index in [0.29, 0.717) is 30.2 Å². The molecule has 3 aromatic carbocycles. The summed E-state index contributed by atoms with van der Waals surface area (Å²) in [6.45, 7) is 2.78. The Morgan fingerprint density at radius 1 is 0.900 bits per heavy atom. The Bertz CT molecular complexity index is 995. The zero-order valence-corrected chi connectivity index (χ0v) is 17.9. The molecule has 0 unspecified atom stereocenters. The normalized spacial score (nSPS) is 10.7. The monoisotopic (exact) mass is 423 g/mol. The summed E-state index contributed by atoms with van der Waals surface area (Å²) in [5, 5.41) is 2.72. The molecule has 3 rings (SSSR count). The molecule has 4 nitrogen and oxygen atoms in total. The zero-order chi connectivity index (χ0) is 21.3. The fourth-order valence-electron chi connectivity index (χ4n) is 3.47. The number of hydrogen-bond acceptors (Lipinski definition) is 3. The number of nitrogens with zero attached hydrogens (tertiary/aromatic N) is 1. The molecule has 0 aromatic heterocycles. The molecule has 156 valence electrons. The second-order valence-corrected chi connectivity index (χ2v) is 7.51. The number of esters is 1. The molecule has 0 saturated heterocycles. The molecule has 0 atom stereocenters. The first-order chi connectivity index (χ1) is 14.6. The maximum atomic E-state index is 13.4. The molecule has 1 amide bonds. The second-order valence-electron chi connectivity index (χ2n) is 7.08. The van der Waals surface area contributed by atoms with E-state index >= 15 is 0 Å². The first kappa shape index (κ1) is 21.8. The number of unbranched alkanes of at least 4 members (excludes halogenated alkanes) is 2. The minimum Gasteiger partial charge on any atom is -0.466 e. The van der Waals surface area contributed by atoms with Crippen molar-refractivity contribution in [2.75, 3.05) is 18.1 Å². The zero-order valence-electron chi connectivity index (χ0n) is 17.1. The van der Waals surface area contributed by atoms with E-state index in [1.807, 2.05) is 54.3 Å². The van der Waals surface area contributed by atoms with Gasteiger partial charge in [0.2, 0.25) is 0 Å². The Morgan fingerprint density at radius 2 is 1.63 bits per heavy atom. The van der Waals surface area contributed by atoms with Gasteiger partial charge in [0.25, 0.3) is 5.91 Å². The van der Waals surface area contributed by atoms with Gasteiger partial charge in [-0.1, -0.05) is 54.4 Å². The number of halogens is 1. The molecule has 0 bridgehead atoms. The van der Waals surface area contributed by atoms with E-state index in [1.165, 1.54) is 0 Å². The van der Waals surface area contributed by atoms with Crippen LogP contribution in [-0.2, 0) is 9.53 Å². The summed E-state index contributed by atoms with van der Waals surface area (Å²) < 4.78 is 4.98. The van der Waals surface area contributed by atoms with Gasteiger partial charge in [0.1, 0.15) is 0 Å². The van der Waals surface area contributed by atoms with Crippen LogP contribution in [0.5, 0.6) is 0 Å². The molecular weight excluding hydrogens is 398 g/mol. The Morgan fingerprint density at radius 3 is 2.40 bits per heavy atom. The van der Waals surface area contributed by atoms with E-state index in [9.17, 15) is 9.59 Å². The Kier molecular flexibility index (Phi) is 7.86. The van der Waals surface area contributed by atoms with Gasteiger partial charge in [0, 0.05) is 28.9 Å². The van der Waals surface area contributed by atoms with E-state index in [-0.39, 0.29) is 11.9 Å². The van der Waals surface area contributed by atoms with E-state index in [1.54, 1.807) is 24.3 Å². The summed E-state index contributed by atoms with van der Waals surface area (Å²) in [6, 6.07) is 21.0. The molecule has 3 aromatic rings. The third-order valence-electron chi connectivity index (χ3n) is 4.96. The van der Waals surface area contributed by atoms with Crippen LogP contribution in [-0.4, -0.2) is 25.0 Å². The van der Waals surface area contributed by atoms with Crippen LogP contribution in [0.25, 0.3) is 10.8 Å². The van der Waals surface area contributed by atoms with Gasteiger partial charge in [-0.3, -0.25) is 9.59 Å². The summed E-state index contributed by atoms with van der Waals surface area (Å²) in [4.78, 5) is 26.7. The number of anilines is 1. The highest BCUT2D eigenvalue weighted by Gasteiger charge is 2.19. The van der Waals surface area contributed by atoms with Crippen molar-refractivity contribution in [2.24, 2.45) is 0 Å². The smallest absolute Gasteiger partial charge is 0.305 e. The Balaban J connectivity index is 1.79. The molecule has 0 aliphatic carbocycles. The number of rotatable bonds is 9. The maximum absolute atomic E-state index is 13.4. The van der Waals surface area contributed by atoms with Gasteiger partial charge in [-0.25, -0.2) is 0 Å². The van der Waals surface area contributed by atoms with Crippen LogP contribution >= 0.6 is 11.6 Å². The SMILES string of the molecule is CCOC(=O)CCCCCN(C(=O)c1ccc(Cl)cc1)c1cccc2ccccc12. The number of benzene rings is 3. The molecule has 0 heterocycles. The van der Waals surface area contributed by atoms with E-state index in [2.05, 4.69) is 0 Å². The van der Waals surface area contributed by atoms with Gasteiger partial charge < -0.3 is 9.64 Å². The van der Waals surface area contributed by atoms with Crippen LogP contribution in [0.1, 0.15) is 43.0 Å². The van der Waals surface area contributed by atoms with Gasteiger partial charge in [0.15, 0.2) is 0 Å². The number of carbonyl (C=O) groups is 2. The Labute approximate surface area is 182 Å². The summed E-state index contributed by atoms with van der Waals surface area (Å²) in [5.74, 6) is -0.228. The van der Waals surface area contributed by atoms with Crippen molar-refractivity contribution in [3.8, 4) is 0 Å². The largest absolute Gasteiger partial charge is 0.466 e. The fraction of sp³-hybridized carbons (Fsp3) is 0.280. The quantitative estimate of drug-likeness (QED) is 0.301. The van der Waals surface area contributed by atoms with Crippen molar-refractivity contribution >= 4 is 39.9 Å². The fourth-order valence-corrected chi connectivity index (χ4v) is 3.60. The van der Waals surface area contributed by atoms with Crippen molar-refractivity contribution in [3.63, 3.8) is 0 Å². The van der Waals surface area contributed by atoms with Crippen molar-refractivity contribution in [3.05, 3.63) is 77.3 Å². The van der Waals surface area contributed by atoms with Crippen LogP contribution in [0.3, 0.4) is 0 Å². The van der Waals surface area contributed by atoms with Crippen molar-refractivity contribution in [1.29, 1.82) is 0 Å².